The van der Waals surface area contributed by atoms with Gasteiger partial charge in [-0.05, 0) is 19.1 Å². The molecule has 2 rings (SSSR count). The highest BCUT2D eigenvalue weighted by atomic mass is 16.5. The number of nitrogens with one attached hydrogen (secondary N) is 2. The first-order valence-corrected chi connectivity index (χ1v) is 6.36. The molecule has 0 aliphatic rings. The van der Waals surface area contributed by atoms with Gasteiger partial charge in [-0.15, -0.1) is 0 Å². The molecule has 0 atom stereocenters. The number of ether oxygens (including phenoxy) is 1. The molecule has 0 aliphatic carbocycles. The van der Waals surface area contributed by atoms with Gasteiger partial charge in [-0.25, -0.2) is 0 Å². The molecular weight excluding hydrogens is 256 g/mol. The van der Waals surface area contributed by atoms with E-state index in [1.54, 1.807) is 12.1 Å². The van der Waals surface area contributed by atoms with E-state index in [4.69, 9.17) is 4.74 Å². The van der Waals surface area contributed by atoms with Crippen LogP contribution in [0, 0.1) is 0 Å². The first kappa shape index (κ1) is 14.0. The monoisotopic (exact) mass is 272 g/mol. The molecule has 2 aromatic rings. The van der Waals surface area contributed by atoms with E-state index in [2.05, 4.69) is 10.3 Å². The van der Waals surface area contributed by atoms with Crippen molar-refractivity contribution in [3.8, 4) is 0 Å². The largest absolute Gasteiger partial charge is 0.377 e. The fourth-order valence-electron chi connectivity index (χ4n) is 1.76. The molecule has 0 bridgehead atoms. The first-order valence-electron chi connectivity index (χ1n) is 6.36. The Balaban J connectivity index is 2.17. The van der Waals surface area contributed by atoms with Gasteiger partial charge >= 0.3 is 0 Å². The average molecular weight is 272 g/mol. The summed E-state index contributed by atoms with van der Waals surface area (Å²) in [5.41, 5.74) is 1.60. The molecule has 5 heteroatoms. The van der Waals surface area contributed by atoms with E-state index < -0.39 is 0 Å². The van der Waals surface area contributed by atoms with Crippen LogP contribution in [0.5, 0.6) is 0 Å². The number of rotatable bonds is 5. The molecule has 0 radical (unpaired) electrons. The molecule has 1 aromatic carbocycles. The van der Waals surface area contributed by atoms with E-state index in [1.807, 2.05) is 25.1 Å². The molecule has 1 amide bonds. The van der Waals surface area contributed by atoms with Crippen LogP contribution >= 0.6 is 0 Å². The molecule has 5 nitrogen and oxygen atoms in total. The number of H-pyrrole nitrogens is 1. The van der Waals surface area contributed by atoms with Crippen molar-refractivity contribution in [3.05, 3.63) is 64.1 Å². The predicted octanol–water partition coefficient (Wildman–Crippen LogP) is 2.16. The summed E-state index contributed by atoms with van der Waals surface area (Å²) in [7, 11) is 0. The summed E-state index contributed by atoms with van der Waals surface area (Å²) in [6.07, 6.45) is 1.45. The summed E-state index contributed by atoms with van der Waals surface area (Å²) < 4.78 is 5.36. The van der Waals surface area contributed by atoms with Gasteiger partial charge in [0, 0.05) is 35.7 Å². The maximum atomic E-state index is 12.1. The number of para-hydroxylation sites is 1. The summed E-state index contributed by atoms with van der Waals surface area (Å²) in [6, 6.07) is 10.2. The maximum Gasteiger partial charge on any atom is 0.255 e. The van der Waals surface area contributed by atoms with E-state index >= 15 is 0 Å². The number of anilines is 1. The van der Waals surface area contributed by atoms with Crippen LogP contribution in [0.15, 0.2) is 47.4 Å². The molecule has 104 valence electrons. The Hall–Kier alpha value is -2.40. The van der Waals surface area contributed by atoms with Crippen LogP contribution in [0.3, 0.4) is 0 Å². The average Bonchev–Trinajstić information content (AvgIpc) is 2.46. The third kappa shape index (κ3) is 3.55. The maximum absolute atomic E-state index is 12.1. The SMILES string of the molecule is CCOCc1ccccc1NC(=O)c1cc[nH]c(=O)c1. The number of carbonyl (C=O) groups excluding carboxylic acids is 1. The molecule has 0 aliphatic heterocycles. The van der Waals surface area contributed by atoms with Crippen molar-refractivity contribution in [2.24, 2.45) is 0 Å². The zero-order valence-electron chi connectivity index (χ0n) is 11.2. The molecule has 0 saturated carbocycles. The number of carbonyl (C=O) groups is 1. The van der Waals surface area contributed by atoms with Gasteiger partial charge < -0.3 is 15.0 Å². The van der Waals surface area contributed by atoms with Gasteiger partial charge in [0.1, 0.15) is 0 Å². The van der Waals surface area contributed by atoms with E-state index in [0.29, 0.717) is 24.5 Å². The molecule has 1 aromatic heterocycles. The van der Waals surface area contributed by atoms with Gasteiger partial charge in [-0.3, -0.25) is 9.59 Å². The highest BCUT2D eigenvalue weighted by Crippen LogP contribution is 2.16. The van der Waals surface area contributed by atoms with Crippen molar-refractivity contribution in [1.82, 2.24) is 4.98 Å². The van der Waals surface area contributed by atoms with Crippen LogP contribution in [0.2, 0.25) is 0 Å². The smallest absolute Gasteiger partial charge is 0.255 e. The Labute approximate surface area is 116 Å². The quantitative estimate of drug-likeness (QED) is 0.876. The lowest BCUT2D eigenvalue weighted by Crippen LogP contribution is -2.16. The third-order valence-corrected chi connectivity index (χ3v) is 2.76. The third-order valence-electron chi connectivity index (χ3n) is 2.76. The molecule has 2 N–H and O–H groups in total. The molecular formula is C15H16N2O3. The lowest BCUT2D eigenvalue weighted by molar-refractivity contribution is 0.102. The lowest BCUT2D eigenvalue weighted by atomic mass is 10.1. The number of aromatic amines is 1. The van der Waals surface area contributed by atoms with Crippen molar-refractivity contribution < 1.29 is 9.53 Å². The lowest BCUT2D eigenvalue weighted by Gasteiger charge is -2.10. The number of amides is 1. The molecule has 0 unspecified atom stereocenters. The van der Waals surface area contributed by atoms with E-state index in [9.17, 15) is 9.59 Å². The number of hydrogen-bond donors (Lipinski definition) is 2. The van der Waals surface area contributed by atoms with E-state index in [-0.39, 0.29) is 11.5 Å². The second kappa shape index (κ2) is 6.68. The number of benzene rings is 1. The zero-order valence-corrected chi connectivity index (χ0v) is 11.2. The van der Waals surface area contributed by atoms with Crippen LogP contribution in [-0.4, -0.2) is 17.5 Å². The van der Waals surface area contributed by atoms with Crippen LogP contribution in [0.25, 0.3) is 0 Å². The normalized spacial score (nSPS) is 10.2. The molecule has 20 heavy (non-hydrogen) atoms. The van der Waals surface area contributed by atoms with Crippen molar-refractivity contribution in [2.75, 3.05) is 11.9 Å². The second-order valence-corrected chi connectivity index (χ2v) is 4.19. The highest BCUT2D eigenvalue weighted by molar-refractivity contribution is 6.04. The first-order chi connectivity index (χ1) is 9.70. The minimum atomic E-state index is -0.319. The van der Waals surface area contributed by atoms with Crippen molar-refractivity contribution in [1.29, 1.82) is 0 Å². The van der Waals surface area contributed by atoms with Crippen molar-refractivity contribution in [3.63, 3.8) is 0 Å². The Morgan fingerprint density at radius 2 is 2.10 bits per heavy atom. The topological polar surface area (TPSA) is 71.2 Å². The zero-order chi connectivity index (χ0) is 14.4. The van der Waals surface area contributed by atoms with E-state index in [1.165, 1.54) is 12.3 Å². The van der Waals surface area contributed by atoms with Gasteiger partial charge in [-0.1, -0.05) is 18.2 Å². The Bertz CT molecular complexity index is 649. The molecule has 0 spiro atoms. The Morgan fingerprint density at radius 3 is 2.85 bits per heavy atom. The summed E-state index contributed by atoms with van der Waals surface area (Å²) in [6.45, 7) is 2.95. The summed E-state index contributed by atoms with van der Waals surface area (Å²) >= 11 is 0. The Kier molecular flexibility index (Phi) is 4.68. The standard InChI is InChI=1S/C15H16N2O3/c1-2-20-10-12-5-3-4-6-13(12)17-15(19)11-7-8-16-14(18)9-11/h3-9H,2,10H2,1H3,(H,16,18)(H,17,19). The number of hydrogen-bond acceptors (Lipinski definition) is 3. The summed E-state index contributed by atoms with van der Waals surface area (Å²) in [5.74, 6) is -0.319. The van der Waals surface area contributed by atoms with Crippen LogP contribution < -0.4 is 10.9 Å². The minimum Gasteiger partial charge on any atom is -0.377 e. The predicted molar refractivity (Wildman–Crippen MR) is 76.8 cm³/mol. The van der Waals surface area contributed by atoms with Crippen LogP contribution in [0.4, 0.5) is 5.69 Å². The molecule has 1 heterocycles. The van der Waals surface area contributed by atoms with Crippen molar-refractivity contribution in [2.45, 2.75) is 13.5 Å². The van der Waals surface area contributed by atoms with Crippen molar-refractivity contribution >= 4 is 11.6 Å². The molecule has 0 saturated heterocycles. The summed E-state index contributed by atoms with van der Waals surface area (Å²) in [4.78, 5) is 25.8. The Morgan fingerprint density at radius 1 is 1.30 bits per heavy atom. The van der Waals surface area contributed by atoms with Gasteiger partial charge in [0.2, 0.25) is 5.56 Å². The number of aromatic nitrogens is 1. The minimum absolute atomic E-state index is 0.305. The van der Waals surface area contributed by atoms with E-state index in [0.717, 1.165) is 5.56 Å². The second-order valence-electron chi connectivity index (χ2n) is 4.19. The number of pyridine rings is 1. The molecule has 0 fully saturated rings. The fraction of sp³-hybridized carbons (Fsp3) is 0.200. The fourth-order valence-corrected chi connectivity index (χ4v) is 1.76. The highest BCUT2D eigenvalue weighted by Gasteiger charge is 2.09. The van der Waals surface area contributed by atoms with Gasteiger partial charge in [-0.2, -0.15) is 0 Å². The van der Waals surface area contributed by atoms with Crippen LogP contribution in [-0.2, 0) is 11.3 Å². The van der Waals surface area contributed by atoms with Gasteiger partial charge in [0.25, 0.3) is 5.91 Å². The van der Waals surface area contributed by atoms with Crippen LogP contribution in [0.1, 0.15) is 22.8 Å². The van der Waals surface area contributed by atoms with Gasteiger partial charge in [0.05, 0.1) is 6.61 Å². The van der Waals surface area contributed by atoms with Gasteiger partial charge in [0.15, 0.2) is 0 Å². The summed E-state index contributed by atoms with van der Waals surface area (Å²) in [5, 5.41) is 2.79.